The van der Waals surface area contributed by atoms with Crippen molar-refractivity contribution < 1.29 is 19.8 Å². The highest BCUT2D eigenvalue weighted by Gasteiger charge is 1.95. The molecule has 0 amide bonds. The third-order valence-corrected chi connectivity index (χ3v) is 3.88. The van der Waals surface area contributed by atoms with E-state index in [4.69, 9.17) is 10.2 Å². The highest BCUT2D eigenvalue weighted by atomic mass is 16.4. The fourth-order valence-electron chi connectivity index (χ4n) is 2.27. The van der Waals surface area contributed by atoms with E-state index < -0.39 is 11.9 Å². The molecule has 28 heavy (non-hydrogen) atoms. The largest absolute Gasteiger partial charge is 0.481 e. The van der Waals surface area contributed by atoms with Crippen LogP contribution in [-0.4, -0.2) is 22.2 Å². The van der Waals surface area contributed by atoms with E-state index in [-0.39, 0.29) is 12.8 Å². The summed E-state index contributed by atoms with van der Waals surface area (Å²) in [5.74, 6) is -1.45. The molecule has 0 aliphatic heterocycles. The molecule has 0 aromatic heterocycles. The van der Waals surface area contributed by atoms with Crippen LogP contribution in [0.5, 0.6) is 0 Å². The summed E-state index contributed by atoms with van der Waals surface area (Å²) in [6, 6.07) is 0. The molecule has 4 nitrogen and oxygen atoms in total. The van der Waals surface area contributed by atoms with Gasteiger partial charge in [-0.25, -0.2) is 0 Å². The van der Waals surface area contributed by atoms with Crippen molar-refractivity contribution in [1.29, 1.82) is 0 Å². The molecule has 0 saturated carbocycles. The van der Waals surface area contributed by atoms with E-state index in [1.807, 2.05) is 12.2 Å². The van der Waals surface area contributed by atoms with Gasteiger partial charge < -0.3 is 10.2 Å². The van der Waals surface area contributed by atoms with Gasteiger partial charge >= 0.3 is 11.9 Å². The second-order valence-corrected chi connectivity index (χ2v) is 7.61. The van der Waals surface area contributed by atoms with Crippen molar-refractivity contribution >= 4 is 11.9 Å². The average Bonchev–Trinajstić information content (AvgIpc) is 2.54. The van der Waals surface area contributed by atoms with Crippen LogP contribution in [0.4, 0.5) is 0 Å². The fraction of sp³-hybridized carbons (Fsp3) is 0.583. The first kappa shape index (κ1) is 28.1. The predicted octanol–water partition coefficient (Wildman–Crippen LogP) is 7.09. The molecule has 0 saturated heterocycles. The Labute approximate surface area is 171 Å². The minimum absolute atomic E-state index is 0.236. The number of carbonyl (C=O) groups is 2. The van der Waals surface area contributed by atoms with Crippen LogP contribution in [0.3, 0.4) is 0 Å². The van der Waals surface area contributed by atoms with Gasteiger partial charge in [0, 0.05) is 12.8 Å². The zero-order valence-corrected chi connectivity index (χ0v) is 18.7. The Kier molecular flexibility index (Phi) is 18.3. The van der Waals surface area contributed by atoms with Gasteiger partial charge in [0.1, 0.15) is 0 Å². The molecule has 0 aromatic carbocycles. The van der Waals surface area contributed by atoms with Gasteiger partial charge in [-0.05, 0) is 80.1 Å². The molecular formula is C24H40O4. The third kappa shape index (κ3) is 26.1. The molecule has 0 spiro atoms. The number of carboxylic acids is 2. The zero-order valence-electron chi connectivity index (χ0n) is 18.7. The number of allylic oxidation sites excluding steroid dienone is 8. The van der Waals surface area contributed by atoms with Crippen LogP contribution in [0.15, 0.2) is 46.6 Å². The molecule has 0 fully saturated rings. The summed E-state index contributed by atoms with van der Waals surface area (Å²) in [6.07, 6.45) is 14.4. The Morgan fingerprint density at radius 1 is 0.536 bits per heavy atom. The first-order chi connectivity index (χ1) is 13.0. The molecule has 0 heterocycles. The zero-order chi connectivity index (χ0) is 21.9. The van der Waals surface area contributed by atoms with Crippen molar-refractivity contribution in [3.63, 3.8) is 0 Å². The SMILES string of the molecule is CC(C)=CCC/C(C)=C/CCC(=O)O.CC(C)=CCC/C(C)=C\CCC(=O)O. The van der Waals surface area contributed by atoms with Gasteiger partial charge in [0.2, 0.25) is 0 Å². The van der Waals surface area contributed by atoms with Crippen LogP contribution < -0.4 is 0 Å². The number of hydrogen-bond acceptors (Lipinski definition) is 2. The van der Waals surface area contributed by atoms with Gasteiger partial charge in [-0.15, -0.1) is 0 Å². The smallest absolute Gasteiger partial charge is 0.303 e. The van der Waals surface area contributed by atoms with Crippen molar-refractivity contribution in [2.24, 2.45) is 0 Å². The molecule has 0 unspecified atom stereocenters. The maximum atomic E-state index is 10.2. The summed E-state index contributed by atoms with van der Waals surface area (Å²) < 4.78 is 0. The lowest BCUT2D eigenvalue weighted by molar-refractivity contribution is -0.137. The summed E-state index contributed by atoms with van der Waals surface area (Å²) in [6.45, 7) is 12.5. The van der Waals surface area contributed by atoms with E-state index in [0.717, 1.165) is 25.7 Å². The van der Waals surface area contributed by atoms with E-state index in [1.54, 1.807) is 0 Å². The molecule has 0 radical (unpaired) electrons. The number of rotatable bonds is 12. The van der Waals surface area contributed by atoms with Gasteiger partial charge in [0.25, 0.3) is 0 Å². The number of carboxylic acid groups (broad SMARTS) is 2. The van der Waals surface area contributed by atoms with Gasteiger partial charge in [0.05, 0.1) is 0 Å². The van der Waals surface area contributed by atoms with Crippen LogP contribution in [0.25, 0.3) is 0 Å². The van der Waals surface area contributed by atoms with Gasteiger partial charge in [-0.2, -0.15) is 0 Å². The fourth-order valence-corrected chi connectivity index (χ4v) is 2.27. The summed E-state index contributed by atoms with van der Waals surface area (Å²) in [4.78, 5) is 20.5. The second kappa shape index (κ2) is 18.3. The average molecular weight is 393 g/mol. The molecule has 0 aliphatic rings. The summed E-state index contributed by atoms with van der Waals surface area (Å²) in [7, 11) is 0. The van der Waals surface area contributed by atoms with Crippen molar-refractivity contribution in [3.05, 3.63) is 46.6 Å². The number of hydrogen-bond donors (Lipinski definition) is 2. The summed E-state index contributed by atoms with van der Waals surface area (Å²) >= 11 is 0. The van der Waals surface area contributed by atoms with Crippen molar-refractivity contribution in [2.45, 2.75) is 92.9 Å². The minimum Gasteiger partial charge on any atom is -0.481 e. The molecule has 4 heteroatoms. The summed E-state index contributed by atoms with van der Waals surface area (Å²) in [5.41, 5.74) is 5.24. The van der Waals surface area contributed by atoms with Crippen LogP contribution >= 0.6 is 0 Å². The van der Waals surface area contributed by atoms with E-state index in [9.17, 15) is 9.59 Å². The standard InChI is InChI=1S/2C12H20O2/c2*1-10(2)6-4-7-11(3)8-5-9-12(13)14/h2*6,8H,4-5,7,9H2,1-3H3,(H,13,14)/b11-8+;11-8-. The van der Waals surface area contributed by atoms with E-state index in [1.165, 1.54) is 22.3 Å². The molecule has 0 aliphatic carbocycles. The maximum absolute atomic E-state index is 10.2. The number of aliphatic carboxylic acids is 2. The molecule has 0 bridgehead atoms. The van der Waals surface area contributed by atoms with Gasteiger partial charge in [-0.1, -0.05) is 46.6 Å². The van der Waals surface area contributed by atoms with E-state index in [2.05, 4.69) is 53.7 Å². The molecular weight excluding hydrogens is 352 g/mol. The van der Waals surface area contributed by atoms with Gasteiger partial charge in [0.15, 0.2) is 0 Å². The quantitative estimate of drug-likeness (QED) is 0.348. The lowest BCUT2D eigenvalue weighted by atomic mass is 10.1. The molecule has 2 N–H and O–H groups in total. The van der Waals surface area contributed by atoms with Crippen LogP contribution in [0.1, 0.15) is 92.9 Å². The Bertz CT molecular complexity index is 517. The van der Waals surface area contributed by atoms with E-state index in [0.29, 0.717) is 12.8 Å². The highest BCUT2D eigenvalue weighted by Crippen LogP contribution is 2.09. The molecule has 0 aromatic rings. The summed E-state index contributed by atoms with van der Waals surface area (Å²) in [5, 5.41) is 16.9. The molecule has 160 valence electrons. The predicted molar refractivity (Wildman–Crippen MR) is 119 cm³/mol. The van der Waals surface area contributed by atoms with Crippen molar-refractivity contribution in [3.8, 4) is 0 Å². The highest BCUT2D eigenvalue weighted by molar-refractivity contribution is 5.67. The topological polar surface area (TPSA) is 74.6 Å². The second-order valence-electron chi connectivity index (χ2n) is 7.61. The molecule has 0 rings (SSSR count). The van der Waals surface area contributed by atoms with Gasteiger partial charge in [-0.3, -0.25) is 9.59 Å². The van der Waals surface area contributed by atoms with Crippen LogP contribution in [0, 0.1) is 0 Å². The first-order valence-corrected chi connectivity index (χ1v) is 10.1. The lowest BCUT2D eigenvalue weighted by Crippen LogP contribution is -1.92. The molecule has 0 atom stereocenters. The van der Waals surface area contributed by atoms with Crippen molar-refractivity contribution in [1.82, 2.24) is 0 Å². The maximum Gasteiger partial charge on any atom is 0.303 e. The normalized spacial score (nSPS) is 11.2. The van der Waals surface area contributed by atoms with Crippen LogP contribution in [0.2, 0.25) is 0 Å². The van der Waals surface area contributed by atoms with Crippen LogP contribution in [-0.2, 0) is 9.59 Å². The minimum atomic E-state index is -0.724. The Balaban J connectivity index is 0. The monoisotopic (exact) mass is 392 g/mol. The third-order valence-electron chi connectivity index (χ3n) is 3.88. The van der Waals surface area contributed by atoms with E-state index >= 15 is 0 Å². The Hall–Kier alpha value is -2.10. The Morgan fingerprint density at radius 2 is 0.821 bits per heavy atom. The lowest BCUT2D eigenvalue weighted by Gasteiger charge is -1.98. The first-order valence-electron chi connectivity index (χ1n) is 10.1. The van der Waals surface area contributed by atoms with Crippen molar-refractivity contribution in [2.75, 3.05) is 0 Å². The Morgan fingerprint density at radius 3 is 1.07 bits per heavy atom.